The molecule has 3 rings (SSSR count). The first kappa shape index (κ1) is 16.2. The third-order valence-electron chi connectivity index (χ3n) is 4.43. The smallest absolute Gasteiger partial charge is 0.319 e. The molecule has 0 radical (unpaired) electrons. The maximum atomic E-state index is 12.0. The number of benzene rings is 1. The summed E-state index contributed by atoms with van der Waals surface area (Å²) in [6.07, 6.45) is 7.29. The van der Waals surface area contributed by atoms with Crippen LogP contribution in [0.25, 0.3) is 0 Å². The molecule has 0 saturated carbocycles. The topological polar surface area (TPSA) is 70.2 Å². The molecule has 0 spiro atoms. The lowest BCUT2D eigenvalue weighted by atomic mass is 9.97. The Hall–Kier alpha value is -2.63. The van der Waals surface area contributed by atoms with Crippen molar-refractivity contribution in [2.45, 2.75) is 19.8 Å². The van der Waals surface area contributed by atoms with E-state index in [1.165, 1.54) is 0 Å². The van der Waals surface area contributed by atoms with E-state index in [0.29, 0.717) is 12.5 Å². The molecule has 1 saturated heterocycles. The second-order valence-electron chi connectivity index (χ2n) is 6.14. The Labute approximate surface area is 142 Å². The van der Waals surface area contributed by atoms with Gasteiger partial charge in [-0.2, -0.15) is 0 Å². The molecule has 1 aliphatic heterocycles. The van der Waals surface area contributed by atoms with Crippen molar-refractivity contribution in [2.75, 3.05) is 29.9 Å². The van der Waals surface area contributed by atoms with Crippen LogP contribution in [-0.4, -0.2) is 35.6 Å². The van der Waals surface area contributed by atoms with Crippen molar-refractivity contribution < 1.29 is 4.79 Å². The molecule has 0 atom stereocenters. The number of para-hydroxylation sites is 1. The monoisotopic (exact) mass is 325 g/mol. The van der Waals surface area contributed by atoms with E-state index in [9.17, 15) is 4.79 Å². The molecule has 6 nitrogen and oxygen atoms in total. The lowest BCUT2D eigenvalue weighted by Crippen LogP contribution is -2.40. The highest BCUT2D eigenvalue weighted by Crippen LogP contribution is 2.20. The Bertz CT molecular complexity index is 668. The molecular weight excluding hydrogens is 302 g/mol. The van der Waals surface area contributed by atoms with Gasteiger partial charge in [-0.3, -0.25) is 4.98 Å². The first-order chi connectivity index (χ1) is 11.7. The normalized spacial score (nSPS) is 15.1. The Balaban J connectivity index is 1.42. The summed E-state index contributed by atoms with van der Waals surface area (Å²) in [4.78, 5) is 22.7. The number of carbonyl (C=O) groups is 1. The van der Waals surface area contributed by atoms with Gasteiger partial charge in [0.05, 0.1) is 6.20 Å². The molecular formula is C18H23N5O. The van der Waals surface area contributed by atoms with Gasteiger partial charge in [-0.1, -0.05) is 18.2 Å². The van der Waals surface area contributed by atoms with Crippen molar-refractivity contribution in [3.05, 3.63) is 48.4 Å². The van der Waals surface area contributed by atoms with Gasteiger partial charge in [0, 0.05) is 37.7 Å². The van der Waals surface area contributed by atoms with Gasteiger partial charge in [0.15, 0.2) is 0 Å². The lowest BCUT2D eigenvalue weighted by Gasteiger charge is -2.32. The van der Waals surface area contributed by atoms with Crippen LogP contribution in [0.2, 0.25) is 0 Å². The van der Waals surface area contributed by atoms with Crippen LogP contribution in [0.4, 0.5) is 16.3 Å². The predicted molar refractivity (Wildman–Crippen MR) is 95.2 cm³/mol. The lowest BCUT2D eigenvalue weighted by molar-refractivity contribution is 0.248. The molecule has 1 aliphatic rings. The van der Waals surface area contributed by atoms with E-state index < -0.39 is 0 Å². The molecule has 1 fully saturated rings. The number of hydrogen-bond acceptors (Lipinski definition) is 4. The zero-order valence-corrected chi connectivity index (χ0v) is 13.9. The van der Waals surface area contributed by atoms with Crippen LogP contribution in [0, 0.1) is 12.8 Å². The summed E-state index contributed by atoms with van der Waals surface area (Å²) in [5.74, 6) is 1.43. The molecule has 2 N–H and O–H groups in total. The van der Waals surface area contributed by atoms with Crippen molar-refractivity contribution in [1.29, 1.82) is 0 Å². The number of aromatic nitrogens is 2. The molecule has 1 aromatic heterocycles. The summed E-state index contributed by atoms with van der Waals surface area (Å²) in [6, 6.07) is 7.64. The van der Waals surface area contributed by atoms with Crippen LogP contribution in [0.3, 0.4) is 0 Å². The summed E-state index contributed by atoms with van der Waals surface area (Å²) in [6.45, 7) is 4.58. The van der Waals surface area contributed by atoms with Crippen molar-refractivity contribution in [1.82, 2.24) is 15.3 Å². The molecule has 6 heteroatoms. The average Bonchev–Trinajstić information content (AvgIpc) is 2.63. The van der Waals surface area contributed by atoms with Crippen LogP contribution >= 0.6 is 0 Å². The minimum absolute atomic E-state index is 0.138. The molecule has 0 aliphatic carbocycles. The van der Waals surface area contributed by atoms with Crippen molar-refractivity contribution >= 4 is 17.5 Å². The van der Waals surface area contributed by atoms with E-state index in [1.807, 2.05) is 31.2 Å². The van der Waals surface area contributed by atoms with Gasteiger partial charge in [-0.05, 0) is 37.3 Å². The van der Waals surface area contributed by atoms with Gasteiger partial charge in [-0.15, -0.1) is 0 Å². The highest BCUT2D eigenvalue weighted by Gasteiger charge is 2.20. The molecule has 0 unspecified atom stereocenters. The van der Waals surface area contributed by atoms with E-state index in [0.717, 1.165) is 43.0 Å². The van der Waals surface area contributed by atoms with Crippen molar-refractivity contribution in [3.8, 4) is 0 Å². The van der Waals surface area contributed by atoms with Gasteiger partial charge in [0.1, 0.15) is 5.82 Å². The summed E-state index contributed by atoms with van der Waals surface area (Å²) in [5.41, 5.74) is 1.91. The largest absolute Gasteiger partial charge is 0.355 e. The zero-order chi connectivity index (χ0) is 16.8. The number of anilines is 2. The van der Waals surface area contributed by atoms with Crippen molar-refractivity contribution in [3.63, 3.8) is 0 Å². The second-order valence-corrected chi connectivity index (χ2v) is 6.14. The molecule has 2 heterocycles. The number of piperidine rings is 1. The fourth-order valence-electron chi connectivity index (χ4n) is 2.94. The van der Waals surface area contributed by atoms with E-state index in [1.54, 1.807) is 18.6 Å². The number of carbonyl (C=O) groups excluding carboxylic acids is 1. The van der Waals surface area contributed by atoms with Gasteiger partial charge in [0.2, 0.25) is 0 Å². The number of amides is 2. The standard InChI is InChI=1S/C18H23N5O/c1-14-4-2-3-5-16(14)22-18(24)21-12-15-6-10-23(11-7-15)17-13-19-8-9-20-17/h2-5,8-9,13,15H,6-7,10-12H2,1H3,(H2,21,22,24). The average molecular weight is 325 g/mol. The summed E-state index contributed by atoms with van der Waals surface area (Å²) < 4.78 is 0. The molecule has 2 amide bonds. The number of urea groups is 1. The number of aryl methyl sites for hydroxylation is 1. The fraction of sp³-hybridized carbons (Fsp3) is 0.389. The van der Waals surface area contributed by atoms with E-state index >= 15 is 0 Å². The minimum atomic E-state index is -0.138. The van der Waals surface area contributed by atoms with E-state index in [2.05, 4.69) is 25.5 Å². The molecule has 1 aromatic carbocycles. The Morgan fingerprint density at radius 2 is 2.04 bits per heavy atom. The van der Waals surface area contributed by atoms with Crippen LogP contribution in [0.5, 0.6) is 0 Å². The summed E-state index contributed by atoms with van der Waals surface area (Å²) >= 11 is 0. The first-order valence-corrected chi connectivity index (χ1v) is 8.34. The highest BCUT2D eigenvalue weighted by atomic mass is 16.2. The van der Waals surface area contributed by atoms with Gasteiger partial charge >= 0.3 is 6.03 Å². The second kappa shape index (κ2) is 7.77. The number of rotatable bonds is 4. The summed E-state index contributed by atoms with van der Waals surface area (Å²) in [7, 11) is 0. The first-order valence-electron chi connectivity index (χ1n) is 8.34. The Morgan fingerprint density at radius 1 is 1.25 bits per heavy atom. The predicted octanol–water partition coefficient (Wildman–Crippen LogP) is 2.82. The van der Waals surface area contributed by atoms with Crippen LogP contribution in [0.1, 0.15) is 18.4 Å². The van der Waals surface area contributed by atoms with Crippen LogP contribution in [0.15, 0.2) is 42.9 Å². The molecule has 0 bridgehead atoms. The van der Waals surface area contributed by atoms with Crippen LogP contribution in [-0.2, 0) is 0 Å². The number of nitrogens with zero attached hydrogens (tertiary/aromatic N) is 3. The van der Waals surface area contributed by atoms with Crippen LogP contribution < -0.4 is 15.5 Å². The number of nitrogens with one attached hydrogen (secondary N) is 2. The van der Waals surface area contributed by atoms with Crippen molar-refractivity contribution in [2.24, 2.45) is 5.92 Å². The highest BCUT2D eigenvalue weighted by molar-refractivity contribution is 5.89. The van der Waals surface area contributed by atoms with E-state index in [-0.39, 0.29) is 6.03 Å². The maximum Gasteiger partial charge on any atom is 0.319 e. The third-order valence-corrected chi connectivity index (χ3v) is 4.43. The molecule has 24 heavy (non-hydrogen) atoms. The minimum Gasteiger partial charge on any atom is -0.355 e. The molecule has 126 valence electrons. The number of hydrogen-bond donors (Lipinski definition) is 2. The maximum absolute atomic E-state index is 12.0. The molecule has 2 aromatic rings. The fourth-order valence-corrected chi connectivity index (χ4v) is 2.94. The third kappa shape index (κ3) is 4.22. The quantitative estimate of drug-likeness (QED) is 0.907. The Morgan fingerprint density at radius 3 is 2.75 bits per heavy atom. The van der Waals surface area contributed by atoms with Gasteiger partial charge < -0.3 is 15.5 Å². The summed E-state index contributed by atoms with van der Waals surface area (Å²) in [5, 5.41) is 5.89. The SMILES string of the molecule is Cc1ccccc1NC(=O)NCC1CCN(c2cnccn2)CC1. The van der Waals surface area contributed by atoms with Gasteiger partial charge in [-0.25, -0.2) is 9.78 Å². The Kier molecular flexibility index (Phi) is 5.25. The van der Waals surface area contributed by atoms with E-state index in [4.69, 9.17) is 0 Å². The van der Waals surface area contributed by atoms with Gasteiger partial charge in [0.25, 0.3) is 0 Å². The zero-order valence-electron chi connectivity index (χ0n) is 13.9.